The monoisotopic (exact) mass is 324 g/mol. The summed E-state index contributed by atoms with van der Waals surface area (Å²) in [6, 6.07) is 13.9. The van der Waals surface area contributed by atoms with Crippen molar-refractivity contribution in [3.05, 3.63) is 57.7 Å². The van der Waals surface area contributed by atoms with Crippen LogP contribution in [-0.4, -0.2) is 12.1 Å². The maximum atomic E-state index is 9.41. The molecule has 0 N–H and O–H groups in total. The van der Waals surface area contributed by atoms with E-state index in [-0.39, 0.29) is 0 Å². The van der Waals surface area contributed by atoms with Crippen LogP contribution in [-0.2, 0) is 0 Å². The molecule has 108 valence electrons. The first kappa shape index (κ1) is 14.5. The highest BCUT2D eigenvalue weighted by Gasteiger charge is 2.09. The van der Waals surface area contributed by atoms with Gasteiger partial charge in [0.15, 0.2) is 0 Å². The van der Waals surface area contributed by atoms with E-state index >= 15 is 0 Å². The van der Waals surface area contributed by atoms with Crippen LogP contribution in [0.2, 0.25) is 0 Å². The Balaban J connectivity index is 1.90. The second-order valence-electron chi connectivity index (χ2n) is 4.46. The van der Waals surface area contributed by atoms with Crippen LogP contribution in [0.3, 0.4) is 0 Å². The molecule has 0 amide bonds. The zero-order valence-corrected chi connectivity index (χ0v) is 13.4. The van der Waals surface area contributed by atoms with Crippen LogP contribution in [0.4, 0.5) is 0 Å². The van der Waals surface area contributed by atoms with E-state index in [2.05, 4.69) is 11.1 Å². The van der Waals surface area contributed by atoms with Gasteiger partial charge in [0.2, 0.25) is 0 Å². The van der Waals surface area contributed by atoms with E-state index in [4.69, 9.17) is 4.74 Å². The van der Waals surface area contributed by atoms with E-state index in [1.165, 1.54) is 11.3 Å². The van der Waals surface area contributed by atoms with Gasteiger partial charge in [-0.1, -0.05) is 18.2 Å². The van der Waals surface area contributed by atoms with Gasteiger partial charge in [0, 0.05) is 5.38 Å². The predicted molar refractivity (Wildman–Crippen MR) is 91.9 cm³/mol. The smallest absolute Gasteiger partial charge is 0.134 e. The predicted octanol–water partition coefficient (Wildman–Crippen LogP) is 4.94. The van der Waals surface area contributed by atoms with Gasteiger partial charge in [-0.25, -0.2) is 4.98 Å². The number of rotatable bonds is 4. The summed E-state index contributed by atoms with van der Waals surface area (Å²) in [5.74, 6) is 0.796. The van der Waals surface area contributed by atoms with Crippen LogP contribution in [0.25, 0.3) is 22.2 Å². The number of thiophene rings is 1. The largest absolute Gasteiger partial charge is 0.497 e. The number of hydrogen-bond donors (Lipinski definition) is 0. The third-order valence-electron chi connectivity index (χ3n) is 3.06. The molecule has 5 heteroatoms. The summed E-state index contributed by atoms with van der Waals surface area (Å²) >= 11 is 3.13. The Labute approximate surface area is 136 Å². The number of methoxy groups -OCH3 is 1. The molecule has 0 aliphatic heterocycles. The molecule has 3 nitrogen and oxygen atoms in total. The summed E-state index contributed by atoms with van der Waals surface area (Å²) in [6.45, 7) is 0. The van der Waals surface area contributed by atoms with Crippen LogP contribution in [0.5, 0.6) is 5.75 Å². The molecule has 2 heterocycles. The molecule has 0 atom stereocenters. The molecule has 3 aromatic rings. The molecule has 0 bridgehead atoms. The van der Waals surface area contributed by atoms with E-state index in [0.29, 0.717) is 5.57 Å². The van der Waals surface area contributed by atoms with Crippen molar-refractivity contribution in [3.63, 3.8) is 0 Å². The fourth-order valence-corrected chi connectivity index (χ4v) is 3.49. The summed E-state index contributed by atoms with van der Waals surface area (Å²) in [6.07, 6.45) is 1.84. The highest BCUT2D eigenvalue weighted by atomic mass is 32.1. The molecular weight excluding hydrogens is 312 g/mol. The quantitative estimate of drug-likeness (QED) is 0.638. The number of nitrogens with zero attached hydrogens (tertiary/aromatic N) is 2. The molecule has 0 spiro atoms. The lowest BCUT2D eigenvalue weighted by Crippen LogP contribution is -1.84. The minimum atomic E-state index is 0.568. The lowest BCUT2D eigenvalue weighted by Gasteiger charge is -1.99. The fraction of sp³-hybridized carbons (Fsp3) is 0.0588. The Morgan fingerprint density at radius 2 is 2.05 bits per heavy atom. The van der Waals surface area contributed by atoms with E-state index < -0.39 is 0 Å². The molecular formula is C17H12N2OS2. The molecule has 1 aromatic carbocycles. The molecule has 0 unspecified atom stereocenters. The highest BCUT2D eigenvalue weighted by Crippen LogP contribution is 2.29. The first-order valence-electron chi connectivity index (χ1n) is 6.56. The summed E-state index contributed by atoms with van der Waals surface area (Å²) in [4.78, 5) is 5.68. The van der Waals surface area contributed by atoms with Crippen molar-refractivity contribution in [3.8, 4) is 22.4 Å². The lowest BCUT2D eigenvalue weighted by atomic mass is 10.1. The molecule has 0 fully saturated rings. The van der Waals surface area contributed by atoms with Crippen molar-refractivity contribution in [2.75, 3.05) is 7.11 Å². The first-order valence-corrected chi connectivity index (χ1v) is 8.31. The molecule has 0 aliphatic carbocycles. The van der Waals surface area contributed by atoms with Crippen LogP contribution in [0.15, 0.2) is 47.2 Å². The van der Waals surface area contributed by atoms with Gasteiger partial charge >= 0.3 is 0 Å². The number of ether oxygens (including phenoxy) is 1. The average molecular weight is 324 g/mol. The molecule has 2 aromatic heterocycles. The van der Waals surface area contributed by atoms with Crippen LogP contribution in [0, 0.1) is 11.3 Å². The fourth-order valence-electron chi connectivity index (χ4n) is 1.94. The Bertz CT molecular complexity index is 824. The van der Waals surface area contributed by atoms with Gasteiger partial charge in [0.25, 0.3) is 0 Å². The van der Waals surface area contributed by atoms with E-state index in [0.717, 1.165) is 26.9 Å². The van der Waals surface area contributed by atoms with Gasteiger partial charge in [-0.3, -0.25) is 0 Å². The molecule has 0 saturated carbocycles. The van der Waals surface area contributed by atoms with Crippen molar-refractivity contribution in [2.24, 2.45) is 0 Å². The number of nitriles is 1. The maximum absolute atomic E-state index is 9.41. The minimum absolute atomic E-state index is 0.568. The van der Waals surface area contributed by atoms with Crippen LogP contribution < -0.4 is 4.74 Å². The topological polar surface area (TPSA) is 45.9 Å². The zero-order valence-electron chi connectivity index (χ0n) is 11.8. The molecule has 22 heavy (non-hydrogen) atoms. The van der Waals surface area contributed by atoms with Crippen molar-refractivity contribution in [1.29, 1.82) is 5.26 Å². The van der Waals surface area contributed by atoms with Gasteiger partial charge < -0.3 is 4.74 Å². The van der Waals surface area contributed by atoms with E-state index in [1.807, 2.05) is 53.2 Å². The summed E-state index contributed by atoms with van der Waals surface area (Å²) in [7, 11) is 1.63. The summed E-state index contributed by atoms with van der Waals surface area (Å²) < 4.78 is 5.13. The van der Waals surface area contributed by atoms with Gasteiger partial charge in [0.1, 0.15) is 16.8 Å². The maximum Gasteiger partial charge on any atom is 0.134 e. The third-order valence-corrected chi connectivity index (χ3v) is 4.82. The van der Waals surface area contributed by atoms with Gasteiger partial charge in [-0.2, -0.15) is 5.26 Å². The summed E-state index contributed by atoms with van der Waals surface area (Å²) in [5, 5.41) is 14.2. The first-order chi connectivity index (χ1) is 10.8. The van der Waals surface area contributed by atoms with E-state index in [9.17, 15) is 5.26 Å². The second kappa shape index (κ2) is 6.56. The van der Waals surface area contributed by atoms with Crippen LogP contribution >= 0.6 is 22.7 Å². The summed E-state index contributed by atoms with van der Waals surface area (Å²) in [5.41, 5.74) is 2.44. The number of benzene rings is 1. The zero-order chi connectivity index (χ0) is 15.4. The van der Waals surface area contributed by atoms with Gasteiger partial charge in [-0.15, -0.1) is 22.7 Å². The SMILES string of the molecule is COc1ccc(/C=C(\C#N)c2nc(-c3cccs3)cs2)cc1. The Morgan fingerprint density at radius 3 is 2.68 bits per heavy atom. The Morgan fingerprint density at radius 1 is 1.23 bits per heavy atom. The van der Waals surface area contributed by atoms with Crippen molar-refractivity contribution in [2.45, 2.75) is 0 Å². The minimum Gasteiger partial charge on any atom is -0.497 e. The van der Waals surface area contributed by atoms with Crippen molar-refractivity contribution >= 4 is 34.3 Å². The lowest BCUT2D eigenvalue weighted by molar-refractivity contribution is 0.415. The average Bonchev–Trinajstić information content (AvgIpc) is 3.24. The second-order valence-corrected chi connectivity index (χ2v) is 6.26. The van der Waals surface area contributed by atoms with Gasteiger partial charge in [-0.05, 0) is 35.2 Å². The molecule has 3 rings (SSSR count). The molecule has 0 saturated heterocycles. The van der Waals surface area contributed by atoms with Crippen LogP contribution in [0.1, 0.15) is 10.6 Å². The van der Waals surface area contributed by atoms with Crippen molar-refractivity contribution in [1.82, 2.24) is 4.98 Å². The standard InChI is InChI=1S/C17H12N2OS2/c1-20-14-6-4-12(5-7-14)9-13(10-18)17-19-15(11-22-17)16-3-2-8-21-16/h2-9,11H,1H3/b13-9+. The number of aromatic nitrogens is 1. The Hall–Kier alpha value is -2.42. The van der Waals surface area contributed by atoms with Crippen molar-refractivity contribution < 1.29 is 4.74 Å². The number of thiazole rings is 1. The molecule has 0 aliphatic rings. The third kappa shape index (κ3) is 3.08. The van der Waals surface area contributed by atoms with E-state index in [1.54, 1.807) is 18.4 Å². The number of allylic oxidation sites excluding steroid dienone is 1. The van der Waals surface area contributed by atoms with Gasteiger partial charge in [0.05, 0.1) is 23.3 Å². The highest BCUT2D eigenvalue weighted by molar-refractivity contribution is 7.14. The Kier molecular flexibility index (Phi) is 4.33. The normalized spacial score (nSPS) is 11.2. The molecule has 0 radical (unpaired) electrons. The number of hydrogen-bond acceptors (Lipinski definition) is 5.